The molecule has 0 radical (unpaired) electrons. The van der Waals surface area contributed by atoms with Gasteiger partial charge < -0.3 is 0 Å². The summed E-state index contributed by atoms with van der Waals surface area (Å²) in [5.74, 6) is 0. The molecular weight excluding hydrogens is 468 g/mol. The van der Waals surface area contributed by atoms with Gasteiger partial charge in [0.15, 0.2) is 0 Å². The van der Waals surface area contributed by atoms with Crippen LogP contribution in [-0.4, -0.2) is 31.9 Å². The molecule has 0 fully saturated rings. The van der Waals surface area contributed by atoms with Gasteiger partial charge in [0.25, 0.3) is 0 Å². The fraction of sp³-hybridized carbons (Fsp3) is 0.750. The van der Waals surface area contributed by atoms with E-state index >= 15 is 0 Å². The standard InChI is InChI=1S/C24H36N6O6/c1-4-7-10-13-19(25-16-31)28-22(34)29(20(26-17-32)14-11-8-5-2)24(36)30(23(28)35)21(27-18-33)15-12-9-6-3/h19-21H,4-15H2,1-3H3. The summed E-state index contributed by atoms with van der Waals surface area (Å²) in [4.78, 5) is 85.1. The monoisotopic (exact) mass is 504 g/mol. The van der Waals surface area contributed by atoms with Crippen LogP contribution in [0.5, 0.6) is 0 Å². The summed E-state index contributed by atoms with van der Waals surface area (Å²) in [6.45, 7) is 5.90. The quantitative estimate of drug-likeness (QED) is 0.169. The van der Waals surface area contributed by atoms with Crippen molar-refractivity contribution in [3.63, 3.8) is 0 Å². The maximum absolute atomic E-state index is 13.5. The molecule has 1 aromatic rings. The first-order valence-corrected chi connectivity index (χ1v) is 12.6. The molecule has 36 heavy (non-hydrogen) atoms. The third kappa shape index (κ3) is 8.34. The fourth-order valence-electron chi connectivity index (χ4n) is 4.03. The Morgan fingerprint density at radius 2 is 0.778 bits per heavy atom. The summed E-state index contributed by atoms with van der Waals surface area (Å²) < 4.78 is 2.09. The Bertz CT molecular complexity index is 976. The molecule has 0 aliphatic heterocycles. The van der Waals surface area contributed by atoms with Gasteiger partial charge in [0.2, 0.25) is 18.2 Å². The topological polar surface area (TPSA) is 154 Å². The van der Waals surface area contributed by atoms with Gasteiger partial charge in [-0.05, 0) is 38.5 Å². The number of hydrogen-bond donors (Lipinski definition) is 0. The molecule has 0 saturated carbocycles. The molecule has 0 aliphatic carbocycles. The van der Waals surface area contributed by atoms with E-state index in [1.54, 1.807) is 0 Å². The highest BCUT2D eigenvalue weighted by molar-refractivity contribution is 5.34. The van der Waals surface area contributed by atoms with Crippen LogP contribution in [0.1, 0.15) is 116 Å². The summed E-state index contributed by atoms with van der Waals surface area (Å²) in [5.41, 5.74) is -3.15. The molecule has 1 heterocycles. The number of nitrogens with zero attached hydrogens (tertiary/aromatic N) is 6. The van der Waals surface area contributed by atoms with E-state index < -0.39 is 35.6 Å². The molecular formula is C24H36N6O6. The maximum Gasteiger partial charge on any atom is 0.339 e. The van der Waals surface area contributed by atoms with E-state index in [0.29, 0.717) is 33.0 Å². The molecule has 1 rings (SSSR count). The highest BCUT2D eigenvalue weighted by atomic mass is 16.2. The van der Waals surface area contributed by atoms with Crippen LogP contribution < -0.4 is 17.1 Å². The van der Waals surface area contributed by atoms with Crippen LogP contribution >= 0.6 is 0 Å². The van der Waals surface area contributed by atoms with Crippen LogP contribution in [0.2, 0.25) is 0 Å². The van der Waals surface area contributed by atoms with Crippen molar-refractivity contribution in [3.8, 4) is 0 Å². The second-order valence-corrected chi connectivity index (χ2v) is 8.55. The molecule has 0 aliphatic rings. The van der Waals surface area contributed by atoms with Crippen LogP contribution in [0.25, 0.3) is 0 Å². The van der Waals surface area contributed by atoms with Gasteiger partial charge in [-0.25, -0.2) is 42.5 Å². The summed E-state index contributed by atoms with van der Waals surface area (Å²) in [5, 5.41) is 0. The Kier molecular flexibility index (Phi) is 14.5. The molecule has 198 valence electrons. The Morgan fingerprint density at radius 1 is 0.528 bits per heavy atom. The lowest BCUT2D eigenvalue weighted by atomic mass is 10.1. The third-order valence-corrected chi connectivity index (χ3v) is 5.93. The summed E-state index contributed by atoms with van der Waals surface area (Å²) in [6, 6.07) is 0. The molecule has 1 aromatic heterocycles. The molecule has 0 N–H and O–H groups in total. The molecule has 0 aromatic carbocycles. The third-order valence-electron chi connectivity index (χ3n) is 5.93. The zero-order valence-corrected chi connectivity index (χ0v) is 21.4. The Morgan fingerprint density at radius 3 is 0.972 bits per heavy atom. The van der Waals surface area contributed by atoms with Gasteiger partial charge in [0.05, 0.1) is 0 Å². The SMILES string of the molecule is CCCCCC(N=C=O)n1c(=O)n(C(CCCCC)N=C=O)c(=O)n(C(CCCCC)N=C=O)c1=O. The molecule has 12 heteroatoms. The van der Waals surface area contributed by atoms with Crippen molar-refractivity contribution in [1.82, 2.24) is 13.7 Å². The highest BCUT2D eigenvalue weighted by Crippen LogP contribution is 2.18. The van der Waals surface area contributed by atoms with E-state index in [4.69, 9.17) is 0 Å². The molecule has 3 atom stereocenters. The smallest absolute Gasteiger partial charge is 0.247 e. The largest absolute Gasteiger partial charge is 0.339 e. The number of isocyanates is 3. The number of aliphatic imine (C=N–C) groups is 3. The molecule has 0 bridgehead atoms. The second kappa shape index (κ2) is 17.1. The number of unbranched alkanes of at least 4 members (excludes halogenated alkanes) is 6. The molecule has 0 saturated heterocycles. The van der Waals surface area contributed by atoms with E-state index in [2.05, 4.69) is 15.0 Å². The average Bonchev–Trinajstić information content (AvgIpc) is 2.84. The fourth-order valence-corrected chi connectivity index (χ4v) is 4.03. The van der Waals surface area contributed by atoms with Gasteiger partial charge in [-0.1, -0.05) is 59.3 Å². The van der Waals surface area contributed by atoms with Crippen LogP contribution in [0.4, 0.5) is 0 Å². The van der Waals surface area contributed by atoms with Crippen LogP contribution in [0, 0.1) is 0 Å². The van der Waals surface area contributed by atoms with Gasteiger partial charge in [-0.2, -0.15) is 15.0 Å². The van der Waals surface area contributed by atoms with Crippen molar-refractivity contribution in [2.75, 3.05) is 0 Å². The Hall–Kier alpha value is -3.45. The predicted molar refractivity (Wildman–Crippen MR) is 133 cm³/mol. The lowest BCUT2D eigenvalue weighted by molar-refractivity contribution is 0.310. The summed E-state index contributed by atoms with van der Waals surface area (Å²) in [7, 11) is 0. The van der Waals surface area contributed by atoms with E-state index in [9.17, 15) is 28.8 Å². The van der Waals surface area contributed by atoms with Crippen LogP contribution in [0.3, 0.4) is 0 Å². The van der Waals surface area contributed by atoms with Crippen molar-refractivity contribution in [2.45, 2.75) is 116 Å². The zero-order chi connectivity index (χ0) is 26.9. The van der Waals surface area contributed by atoms with Crippen molar-refractivity contribution in [1.29, 1.82) is 0 Å². The zero-order valence-electron chi connectivity index (χ0n) is 21.4. The first kappa shape index (κ1) is 30.6. The maximum atomic E-state index is 13.5. The van der Waals surface area contributed by atoms with E-state index in [1.807, 2.05) is 20.8 Å². The molecule has 3 unspecified atom stereocenters. The Labute approximate surface area is 209 Å². The van der Waals surface area contributed by atoms with E-state index in [1.165, 1.54) is 18.2 Å². The second-order valence-electron chi connectivity index (χ2n) is 8.55. The highest BCUT2D eigenvalue weighted by Gasteiger charge is 2.28. The molecule has 0 amide bonds. The minimum Gasteiger partial charge on any atom is -0.247 e. The first-order valence-electron chi connectivity index (χ1n) is 12.6. The Balaban J connectivity index is 3.99. The van der Waals surface area contributed by atoms with Crippen LogP contribution in [-0.2, 0) is 14.4 Å². The number of rotatable bonds is 18. The van der Waals surface area contributed by atoms with Crippen molar-refractivity contribution in [3.05, 3.63) is 31.5 Å². The summed E-state index contributed by atoms with van der Waals surface area (Å²) >= 11 is 0. The molecule has 12 nitrogen and oxygen atoms in total. The number of carbonyl (C=O) groups excluding carboxylic acids is 3. The normalized spacial score (nSPS) is 13.1. The van der Waals surface area contributed by atoms with Gasteiger partial charge in [-0.3, -0.25) is 0 Å². The van der Waals surface area contributed by atoms with Crippen molar-refractivity contribution in [2.24, 2.45) is 15.0 Å². The van der Waals surface area contributed by atoms with Crippen molar-refractivity contribution >= 4 is 18.2 Å². The van der Waals surface area contributed by atoms with Gasteiger partial charge in [-0.15, -0.1) is 0 Å². The predicted octanol–water partition coefficient (Wildman–Crippen LogP) is 3.42. The van der Waals surface area contributed by atoms with Crippen molar-refractivity contribution < 1.29 is 14.4 Å². The minimum atomic E-state index is -1.22. The average molecular weight is 505 g/mol. The van der Waals surface area contributed by atoms with Gasteiger partial charge in [0, 0.05) is 0 Å². The minimum absolute atomic E-state index is 0.172. The van der Waals surface area contributed by atoms with Gasteiger partial charge in [0.1, 0.15) is 18.5 Å². The number of hydrogen-bond acceptors (Lipinski definition) is 9. The summed E-state index contributed by atoms with van der Waals surface area (Å²) in [6.07, 6.45) is 7.53. The van der Waals surface area contributed by atoms with E-state index in [-0.39, 0.29) is 19.3 Å². The van der Waals surface area contributed by atoms with Crippen LogP contribution in [0.15, 0.2) is 29.4 Å². The van der Waals surface area contributed by atoms with E-state index in [0.717, 1.165) is 38.5 Å². The first-order chi connectivity index (χ1) is 17.4. The molecule has 0 spiro atoms. The van der Waals surface area contributed by atoms with Gasteiger partial charge >= 0.3 is 17.1 Å². The lowest BCUT2D eigenvalue weighted by Gasteiger charge is -2.22. The lowest BCUT2D eigenvalue weighted by Crippen LogP contribution is -2.57. The number of aromatic nitrogens is 3.